The van der Waals surface area contributed by atoms with Crippen molar-refractivity contribution in [3.63, 3.8) is 0 Å². The lowest BCUT2D eigenvalue weighted by atomic mass is 10.3. The van der Waals surface area contributed by atoms with E-state index in [4.69, 9.17) is 11.6 Å². The Kier molecular flexibility index (Phi) is 4.44. The van der Waals surface area contributed by atoms with Gasteiger partial charge in [0.1, 0.15) is 0 Å². The van der Waals surface area contributed by atoms with Crippen LogP contribution in [-0.4, -0.2) is 43.1 Å². The second-order valence-electron chi connectivity index (χ2n) is 4.18. The first kappa shape index (κ1) is 13.9. The van der Waals surface area contributed by atoms with E-state index in [1.165, 1.54) is 4.90 Å². The zero-order chi connectivity index (χ0) is 13.8. The molecule has 1 heterocycles. The number of anilines is 1. The lowest BCUT2D eigenvalue weighted by molar-refractivity contribution is 0.218. The Bertz CT molecular complexity index is 584. The van der Waals surface area contributed by atoms with Gasteiger partial charge < -0.3 is 15.5 Å². The van der Waals surface area contributed by atoms with Crippen LogP contribution in [-0.2, 0) is 0 Å². The number of urea groups is 1. The lowest BCUT2D eigenvalue weighted by Gasteiger charge is -2.11. The Morgan fingerprint density at radius 3 is 2.95 bits per heavy atom. The van der Waals surface area contributed by atoms with Crippen LogP contribution in [0.2, 0.25) is 5.02 Å². The molecule has 102 valence electrons. The van der Waals surface area contributed by atoms with Crippen LogP contribution in [0.1, 0.15) is 0 Å². The van der Waals surface area contributed by atoms with E-state index < -0.39 is 0 Å². The highest BCUT2D eigenvalue weighted by atomic mass is 35.5. The molecule has 5 nitrogen and oxygen atoms in total. The minimum atomic E-state index is -0.0992. The van der Waals surface area contributed by atoms with Gasteiger partial charge in [-0.3, -0.25) is 0 Å². The average Bonchev–Trinajstić information content (AvgIpc) is 2.75. The fourth-order valence-electron chi connectivity index (χ4n) is 1.47. The van der Waals surface area contributed by atoms with Gasteiger partial charge in [-0.15, -0.1) is 0 Å². The number of benzene rings is 1. The van der Waals surface area contributed by atoms with Crippen molar-refractivity contribution in [3.8, 4) is 0 Å². The summed E-state index contributed by atoms with van der Waals surface area (Å²) >= 11 is 7.47. The minimum absolute atomic E-state index is 0.0992. The van der Waals surface area contributed by atoms with E-state index in [9.17, 15) is 4.79 Å². The van der Waals surface area contributed by atoms with E-state index in [1.54, 1.807) is 25.4 Å². The molecule has 19 heavy (non-hydrogen) atoms. The van der Waals surface area contributed by atoms with Gasteiger partial charge in [0, 0.05) is 32.2 Å². The molecule has 0 aliphatic heterocycles. The number of amides is 2. The molecule has 0 unspecified atom stereocenters. The number of fused-ring (bicyclic) bond motifs is 1. The third-order valence-electron chi connectivity index (χ3n) is 2.43. The van der Waals surface area contributed by atoms with Gasteiger partial charge in [-0.2, -0.15) is 0 Å². The molecule has 2 aromatic rings. The molecular formula is C12H15ClN4OS. The molecule has 0 aliphatic carbocycles. The van der Waals surface area contributed by atoms with Crippen LogP contribution in [0.5, 0.6) is 0 Å². The largest absolute Gasteiger partial charge is 0.360 e. The molecule has 7 heteroatoms. The minimum Gasteiger partial charge on any atom is -0.360 e. The number of hydrogen-bond acceptors (Lipinski definition) is 4. The van der Waals surface area contributed by atoms with Crippen LogP contribution < -0.4 is 10.6 Å². The van der Waals surface area contributed by atoms with Gasteiger partial charge in [-0.05, 0) is 18.2 Å². The second-order valence-corrected chi connectivity index (χ2v) is 5.65. The SMILES string of the molecule is CN(C)C(=O)NCCNc1nc2ccc(Cl)cc2s1. The van der Waals surface area contributed by atoms with Crippen LogP contribution in [0.4, 0.5) is 9.93 Å². The Morgan fingerprint density at radius 1 is 1.42 bits per heavy atom. The zero-order valence-corrected chi connectivity index (χ0v) is 12.3. The van der Waals surface area contributed by atoms with Crippen molar-refractivity contribution >= 4 is 44.3 Å². The molecule has 2 N–H and O–H groups in total. The summed E-state index contributed by atoms with van der Waals surface area (Å²) in [7, 11) is 3.42. The molecule has 0 atom stereocenters. The fourth-order valence-corrected chi connectivity index (χ4v) is 2.64. The molecule has 1 aromatic carbocycles. The van der Waals surface area contributed by atoms with Crippen molar-refractivity contribution in [1.82, 2.24) is 15.2 Å². The van der Waals surface area contributed by atoms with Crippen LogP contribution in [0.25, 0.3) is 10.2 Å². The van der Waals surface area contributed by atoms with Crippen molar-refractivity contribution in [2.75, 3.05) is 32.5 Å². The highest BCUT2D eigenvalue weighted by Gasteiger charge is 2.04. The third kappa shape index (κ3) is 3.71. The van der Waals surface area contributed by atoms with Gasteiger partial charge in [0.25, 0.3) is 0 Å². The van der Waals surface area contributed by atoms with Gasteiger partial charge in [-0.25, -0.2) is 9.78 Å². The van der Waals surface area contributed by atoms with E-state index in [1.807, 2.05) is 18.2 Å². The molecule has 0 aliphatic rings. The summed E-state index contributed by atoms with van der Waals surface area (Å²) < 4.78 is 1.05. The maximum Gasteiger partial charge on any atom is 0.316 e. The molecule has 2 rings (SSSR count). The van der Waals surface area contributed by atoms with Gasteiger partial charge in [0.2, 0.25) is 0 Å². The Morgan fingerprint density at radius 2 is 2.21 bits per heavy atom. The van der Waals surface area contributed by atoms with Gasteiger partial charge in [0.05, 0.1) is 10.2 Å². The first-order valence-electron chi connectivity index (χ1n) is 5.81. The summed E-state index contributed by atoms with van der Waals surface area (Å²) in [5.74, 6) is 0. The van der Waals surface area contributed by atoms with E-state index in [-0.39, 0.29) is 6.03 Å². The van der Waals surface area contributed by atoms with Gasteiger partial charge in [-0.1, -0.05) is 22.9 Å². The van der Waals surface area contributed by atoms with Gasteiger partial charge in [0.15, 0.2) is 5.13 Å². The summed E-state index contributed by atoms with van der Waals surface area (Å²) in [6.45, 7) is 1.18. The zero-order valence-electron chi connectivity index (χ0n) is 10.7. The Balaban J connectivity index is 1.86. The van der Waals surface area contributed by atoms with E-state index in [0.29, 0.717) is 18.1 Å². The predicted octanol–water partition coefficient (Wildman–Crippen LogP) is 2.63. The van der Waals surface area contributed by atoms with Crippen molar-refractivity contribution in [1.29, 1.82) is 0 Å². The number of hydrogen-bond donors (Lipinski definition) is 2. The molecule has 0 spiro atoms. The molecule has 0 fully saturated rings. The van der Waals surface area contributed by atoms with Crippen LogP contribution in [0, 0.1) is 0 Å². The van der Waals surface area contributed by atoms with E-state index >= 15 is 0 Å². The first-order chi connectivity index (χ1) is 9.06. The highest BCUT2D eigenvalue weighted by Crippen LogP contribution is 2.27. The molecule has 0 bridgehead atoms. The first-order valence-corrected chi connectivity index (χ1v) is 7.01. The molecular weight excluding hydrogens is 284 g/mol. The number of nitrogens with one attached hydrogen (secondary N) is 2. The monoisotopic (exact) mass is 298 g/mol. The standard InChI is InChI=1S/C12H15ClN4OS/c1-17(2)12(18)15-6-5-14-11-16-9-4-3-8(13)7-10(9)19-11/h3-4,7H,5-6H2,1-2H3,(H,14,16)(H,15,18). The van der Waals surface area contributed by atoms with Crippen molar-refractivity contribution in [2.45, 2.75) is 0 Å². The number of rotatable bonds is 4. The van der Waals surface area contributed by atoms with Gasteiger partial charge >= 0.3 is 6.03 Å². The summed E-state index contributed by atoms with van der Waals surface area (Å²) in [5, 5.41) is 7.49. The lowest BCUT2D eigenvalue weighted by Crippen LogP contribution is -2.37. The number of nitrogens with zero attached hydrogens (tertiary/aromatic N) is 2. The molecule has 0 radical (unpaired) electrons. The van der Waals surface area contributed by atoms with E-state index in [0.717, 1.165) is 15.3 Å². The predicted molar refractivity (Wildman–Crippen MR) is 80.2 cm³/mol. The van der Waals surface area contributed by atoms with Crippen LogP contribution in [0.3, 0.4) is 0 Å². The van der Waals surface area contributed by atoms with E-state index in [2.05, 4.69) is 15.6 Å². The number of aromatic nitrogens is 1. The maximum absolute atomic E-state index is 11.3. The van der Waals surface area contributed by atoms with Crippen molar-refractivity contribution in [3.05, 3.63) is 23.2 Å². The topological polar surface area (TPSA) is 57.3 Å². The van der Waals surface area contributed by atoms with Crippen molar-refractivity contribution < 1.29 is 4.79 Å². The smallest absolute Gasteiger partial charge is 0.316 e. The molecule has 0 saturated heterocycles. The quantitative estimate of drug-likeness (QED) is 0.853. The summed E-state index contributed by atoms with van der Waals surface area (Å²) in [4.78, 5) is 17.2. The normalized spacial score (nSPS) is 10.5. The Labute approximate surface area is 120 Å². The average molecular weight is 299 g/mol. The highest BCUT2D eigenvalue weighted by molar-refractivity contribution is 7.22. The summed E-state index contributed by atoms with van der Waals surface area (Å²) in [6.07, 6.45) is 0. The number of halogens is 1. The Hall–Kier alpha value is -1.53. The molecule has 2 amide bonds. The third-order valence-corrected chi connectivity index (χ3v) is 3.65. The second kappa shape index (κ2) is 6.08. The summed E-state index contributed by atoms with van der Waals surface area (Å²) in [6, 6.07) is 5.52. The molecule has 1 aromatic heterocycles. The number of carbonyl (C=O) groups is 1. The van der Waals surface area contributed by atoms with Crippen molar-refractivity contribution in [2.24, 2.45) is 0 Å². The summed E-state index contributed by atoms with van der Waals surface area (Å²) in [5.41, 5.74) is 0.925. The maximum atomic E-state index is 11.3. The van der Waals surface area contributed by atoms with Crippen LogP contribution >= 0.6 is 22.9 Å². The number of carbonyl (C=O) groups excluding carboxylic acids is 1. The van der Waals surface area contributed by atoms with Crippen LogP contribution in [0.15, 0.2) is 18.2 Å². The fraction of sp³-hybridized carbons (Fsp3) is 0.333. The number of thiazole rings is 1. The molecule has 0 saturated carbocycles.